The molecule has 1 unspecified atom stereocenters. The molecule has 0 aliphatic rings. The van der Waals surface area contributed by atoms with Crippen molar-refractivity contribution in [1.29, 1.82) is 0 Å². The minimum atomic E-state index is -0.999. The third-order valence-corrected chi connectivity index (χ3v) is 3.43. The molecule has 0 amide bonds. The molecular formula is C18H32O5. The van der Waals surface area contributed by atoms with Gasteiger partial charge < -0.3 is 14.6 Å². The fourth-order valence-corrected chi connectivity index (χ4v) is 2.01. The molecule has 0 aromatic carbocycles. The lowest BCUT2D eigenvalue weighted by Crippen LogP contribution is -2.25. The van der Waals surface area contributed by atoms with Crippen LogP contribution in [-0.4, -0.2) is 36.4 Å². The molecule has 1 N–H and O–H groups in total. The summed E-state index contributed by atoms with van der Waals surface area (Å²) in [7, 11) is 0. The van der Waals surface area contributed by atoms with E-state index in [2.05, 4.69) is 13.5 Å². The summed E-state index contributed by atoms with van der Waals surface area (Å²) in [6, 6.07) is 0. The van der Waals surface area contributed by atoms with Gasteiger partial charge in [0.05, 0.1) is 0 Å². The van der Waals surface area contributed by atoms with Crippen LogP contribution in [-0.2, 0) is 19.1 Å². The van der Waals surface area contributed by atoms with Crippen LogP contribution in [0.15, 0.2) is 12.2 Å². The molecule has 5 nitrogen and oxygen atoms in total. The number of hydrogen-bond donors (Lipinski definition) is 1. The van der Waals surface area contributed by atoms with Gasteiger partial charge in [0.2, 0.25) is 0 Å². The van der Waals surface area contributed by atoms with Gasteiger partial charge in [-0.3, -0.25) is 4.79 Å². The van der Waals surface area contributed by atoms with Gasteiger partial charge in [0, 0.05) is 12.0 Å². The summed E-state index contributed by atoms with van der Waals surface area (Å²) in [6.07, 6.45) is 8.71. The maximum absolute atomic E-state index is 11.5. The van der Waals surface area contributed by atoms with Gasteiger partial charge in [-0.05, 0) is 13.3 Å². The summed E-state index contributed by atoms with van der Waals surface area (Å²) in [5.41, 5.74) is 0.267. The maximum atomic E-state index is 11.5. The number of esters is 2. The maximum Gasteiger partial charge on any atom is 0.333 e. The SMILES string of the molecule is C=C(C)C(=O)OCC(O)COC(=O)CCCCCCCCCC. The summed E-state index contributed by atoms with van der Waals surface area (Å²) in [5, 5.41) is 9.56. The van der Waals surface area contributed by atoms with Crippen LogP contribution in [0.1, 0.15) is 71.6 Å². The van der Waals surface area contributed by atoms with Crippen LogP contribution in [0.3, 0.4) is 0 Å². The summed E-state index contributed by atoms with van der Waals surface area (Å²) in [6.45, 7) is 6.81. The van der Waals surface area contributed by atoms with Crippen LogP contribution in [0.25, 0.3) is 0 Å². The quantitative estimate of drug-likeness (QED) is 0.300. The van der Waals surface area contributed by atoms with E-state index in [0.717, 1.165) is 19.3 Å². The first-order valence-corrected chi connectivity index (χ1v) is 8.63. The lowest BCUT2D eigenvalue weighted by atomic mass is 10.1. The number of aliphatic hydroxyl groups excluding tert-OH is 1. The second-order valence-corrected chi connectivity index (χ2v) is 5.94. The topological polar surface area (TPSA) is 72.8 Å². The third-order valence-electron chi connectivity index (χ3n) is 3.43. The highest BCUT2D eigenvalue weighted by atomic mass is 16.6. The Morgan fingerprint density at radius 2 is 1.48 bits per heavy atom. The Labute approximate surface area is 140 Å². The molecule has 0 radical (unpaired) electrons. The van der Waals surface area contributed by atoms with Gasteiger partial charge in [-0.25, -0.2) is 4.79 Å². The van der Waals surface area contributed by atoms with Crippen molar-refractivity contribution in [3.8, 4) is 0 Å². The van der Waals surface area contributed by atoms with Gasteiger partial charge in [0.25, 0.3) is 0 Å². The summed E-state index contributed by atoms with van der Waals surface area (Å²) < 4.78 is 9.72. The summed E-state index contributed by atoms with van der Waals surface area (Å²) in [4.78, 5) is 22.6. The molecular weight excluding hydrogens is 296 g/mol. The Hall–Kier alpha value is -1.36. The molecule has 134 valence electrons. The molecule has 0 fully saturated rings. The number of hydrogen-bond acceptors (Lipinski definition) is 5. The standard InChI is InChI=1S/C18H32O5/c1-4-5-6-7-8-9-10-11-12-17(20)22-13-16(19)14-23-18(21)15(2)3/h16,19H,2,4-14H2,1,3H3. The van der Waals surface area contributed by atoms with Crippen molar-refractivity contribution in [3.05, 3.63) is 12.2 Å². The van der Waals surface area contributed by atoms with Gasteiger partial charge >= 0.3 is 11.9 Å². The number of carbonyl (C=O) groups excluding carboxylic acids is 2. The zero-order chi connectivity index (χ0) is 17.5. The van der Waals surface area contributed by atoms with Crippen molar-refractivity contribution in [2.24, 2.45) is 0 Å². The molecule has 23 heavy (non-hydrogen) atoms. The second kappa shape index (κ2) is 14.2. The third kappa shape index (κ3) is 14.0. The minimum Gasteiger partial charge on any atom is -0.463 e. The summed E-state index contributed by atoms with van der Waals surface area (Å²) >= 11 is 0. The normalized spacial score (nSPS) is 11.8. The Morgan fingerprint density at radius 3 is 2.04 bits per heavy atom. The number of unbranched alkanes of at least 4 members (excludes halogenated alkanes) is 7. The Kier molecular flexibility index (Phi) is 13.4. The first-order chi connectivity index (χ1) is 11.0. The lowest BCUT2D eigenvalue weighted by molar-refractivity contribution is -0.150. The average Bonchev–Trinajstić information content (AvgIpc) is 2.52. The second-order valence-electron chi connectivity index (χ2n) is 5.94. The molecule has 0 bridgehead atoms. The first kappa shape index (κ1) is 21.6. The summed E-state index contributed by atoms with van der Waals surface area (Å²) in [5.74, 6) is -0.879. The zero-order valence-corrected chi connectivity index (χ0v) is 14.6. The lowest BCUT2D eigenvalue weighted by Gasteiger charge is -2.12. The number of aliphatic hydroxyl groups is 1. The van der Waals surface area contributed by atoms with Crippen molar-refractivity contribution >= 4 is 11.9 Å². The predicted molar refractivity (Wildman–Crippen MR) is 90.0 cm³/mol. The van der Waals surface area contributed by atoms with Crippen LogP contribution in [0.4, 0.5) is 0 Å². The molecule has 5 heteroatoms. The van der Waals surface area contributed by atoms with Gasteiger partial charge in [0.15, 0.2) is 0 Å². The highest BCUT2D eigenvalue weighted by Crippen LogP contribution is 2.10. The predicted octanol–water partition coefficient (Wildman–Crippen LogP) is 3.54. The van der Waals surface area contributed by atoms with Crippen LogP contribution in [0, 0.1) is 0 Å². The Morgan fingerprint density at radius 1 is 0.957 bits per heavy atom. The Balaban J connectivity index is 3.49. The average molecular weight is 328 g/mol. The van der Waals surface area contributed by atoms with Crippen molar-refractivity contribution in [1.82, 2.24) is 0 Å². The number of rotatable bonds is 14. The van der Waals surface area contributed by atoms with E-state index in [1.807, 2.05) is 0 Å². The van der Waals surface area contributed by atoms with Gasteiger partial charge in [-0.2, -0.15) is 0 Å². The van der Waals surface area contributed by atoms with E-state index in [0.29, 0.717) is 6.42 Å². The van der Waals surface area contributed by atoms with Gasteiger partial charge in [0.1, 0.15) is 19.3 Å². The molecule has 0 saturated heterocycles. The molecule has 0 aromatic rings. The first-order valence-electron chi connectivity index (χ1n) is 8.63. The Bertz CT molecular complexity index is 351. The fraction of sp³-hybridized carbons (Fsp3) is 0.778. The molecule has 0 spiro atoms. The van der Waals surface area contributed by atoms with E-state index in [9.17, 15) is 14.7 Å². The van der Waals surface area contributed by atoms with E-state index >= 15 is 0 Å². The van der Waals surface area contributed by atoms with E-state index in [1.165, 1.54) is 39.0 Å². The van der Waals surface area contributed by atoms with E-state index in [-0.39, 0.29) is 24.8 Å². The molecule has 1 atom stereocenters. The van der Waals surface area contributed by atoms with Crippen LogP contribution < -0.4 is 0 Å². The van der Waals surface area contributed by atoms with Crippen molar-refractivity contribution in [2.75, 3.05) is 13.2 Å². The van der Waals surface area contributed by atoms with Crippen molar-refractivity contribution in [3.63, 3.8) is 0 Å². The number of carbonyl (C=O) groups is 2. The van der Waals surface area contributed by atoms with Crippen LogP contribution in [0.2, 0.25) is 0 Å². The minimum absolute atomic E-state index is 0.153. The highest BCUT2D eigenvalue weighted by molar-refractivity contribution is 5.86. The van der Waals surface area contributed by atoms with Gasteiger partial charge in [-0.1, -0.05) is 58.4 Å². The largest absolute Gasteiger partial charge is 0.463 e. The van der Waals surface area contributed by atoms with Crippen LogP contribution in [0.5, 0.6) is 0 Å². The highest BCUT2D eigenvalue weighted by Gasteiger charge is 2.12. The zero-order valence-electron chi connectivity index (χ0n) is 14.6. The van der Waals surface area contributed by atoms with Gasteiger partial charge in [-0.15, -0.1) is 0 Å². The van der Waals surface area contributed by atoms with Crippen molar-refractivity contribution in [2.45, 2.75) is 77.7 Å². The molecule has 0 aliphatic carbocycles. The molecule has 0 saturated carbocycles. The van der Waals surface area contributed by atoms with E-state index in [1.54, 1.807) is 0 Å². The monoisotopic (exact) mass is 328 g/mol. The molecule has 0 heterocycles. The van der Waals surface area contributed by atoms with Crippen LogP contribution >= 0.6 is 0 Å². The van der Waals surface area contributed by atoms with Crippen molar-refractivity contribution < 1.29 is 24.2 Å². The number of ether oxygens (including phenoxy) is 2. The van der Waals surface area contributed by atoms with E-state index in [4.69, 9.17) is 9.47 Å². The molecule has 0 rings (SSSR count). The van der Waals surface area contributed by atoms with E-state index < -0.39 is 12.1 Å². The smallest absolute Gasteiger partial charge is 0.333 e. The molecule has 0 aromatic heterocycles. The molecule has 0 aliphatic heterocycles. The fourth-order valence-electron chi connectivity index (χ4n) is 2.01.